The molecule has 0 aromatic heterocycles. The first-order valence-electron chi connectivity index (χ1n) is 7.36. The molecule has 0 saturated carbocycles. The van der Waals surface area contributed by atoms with Gasteiger partial charge in [-0.1, -0.05) is 27.7 Å². The summed E-state index contributed by atoms with van der Waals surface area (Å²) in [5, 5.41) is 4.54. The molecule has 0 aliphatic carbocycles. The highest BCUT2D eigenvalue weighted by Crippen LogP contribution is 1.98. The number of carbonyl (C=O) groups excluding carboxylic acids is 4. The smallest absolute Gasteiger partial charge is 0.333 e. The van der Waals surface area contributed by atoms with E-state index >= 15 is 0 Å². The number of ether oxygens (including phenoxy) is 1. The number of nitrogens with two attached hydrogens (primary N) is 2. The van der Waals surface area contributed by atoms with Crippen molar-refractivity contribution < 1.29 is 23.9 Å². The maximum Gasteiger partial charge on any atom is 0.333 e. The summed E-state index contributed by atoms with van der Waals surface area (Å²) in [4.78, 5) is 45.9. The molecule has 0 aromatic rings. The zero-order valence-electron chi connectivity index (χ0n) is 13.9. The first-order chi connectivity index (χ1) is 10.6. The second-order valence-corrected chi connectivity index (χ2v) is 5.82. The van der Waals surface area contributed by atoms with Crippen LogP contribution < -0.4 is 22.1 Å². The van der Waals surface area contributed by atoms with E-state index in [0.717, 1.165) is 0 Å². The van der Waals surface area contributed by atoms with Gasteiger partial charge >= 0.3 is 11.9 Å². The molecule has 9 nitrogen and oxygen atoms in total. The molecule has 2 atom stereocenters. The van der Waals surface area contributed by atoms with Crippen molar-refractivity contribution >= 4 is 23.8 Å². The van der Waals surface area contributed by atoms with Gasteiger partial charge < -0.3 is 26.8 Å². The van der Waals surface area contributed by atoms with Crippen LogP contribution in [0.5, 0.6) is 0 Å². The molecular formula is C14H26N4O5. The van der Waals surface area contributed by atoms with E-state index in [1.807, 2.05) is 0 Å². The van der Waals surface area contributed by atoms with Gasteiger partial charge in [-0.15, -0.1) is 0 Å². The summed E-state index contributed by atoms with van der Waals surface area (Å²) in [6.07, 6.45) is 0. The molecular weight excluding hydrogens is 304 g/mol. The maximum absolute atomic E-state index is 11.5. The lowest BCUT2D eigenvalue weighted by atomic mass is 10.1. The van der Waals surface area contributed by atoms with Gasteiger partial charge in [0.25, 0.3) is 0 Å². The zero-order chi connectivity index (χ0) is 18.2. The van der Waals surface area contributed by atoms with Crippen molar-refractivity contribution in [3.8, 4) is 0 Å². The fraction of sp³-hybridized carbons (Fsp3) is 0.714. The summed E-state index contributed by atoms with van der Waals surface area (Å²) >= 11 is 0. The monoisotopic (exact) mass is 330 g/mol. The summed E-state index contributed by atoms with van der Waals surface area (Å²) in [5.74, 6) is -3.09. The van der Waals surface area contributed by atoms with Crippen molar-refractivity contribution in [1.29, 1.82) is 0 Å². The minimum Gasteiger partial charge on any atom is -0.390 e. The minimum atomic E-state index is -0.943. The van der Waals surface area contributed by atoms with E-state index in [2.05, 4.69) is 15.4 Å². The summed E-state index contributed by atoms with van der Waals surface area (Å²) in [6, 6.07) is -1.51. The standard InChI is InChI=1S/C14H26N4O5/c1-7(2)11(15)13(21)17-5-9(19)23-10(20)6-18-14(22)12(16)8(3)4/h7-8,11-12H,5-6,15-16H2,1-4H3,(H,17,21)(H,18,22)/t11-,12-/m0/s1. The van der Waals surface area contributed by atoms with Gasteiger partial charge in [-0.2, -0.15) is 0 Å². The molecule has 0 fully saturated rings. The predicted octanol–water partition coefficient (Wildman–Crippen LogP) is -1.74. The lowest BCUT2D eigenvalue weighted by Crippen LogP contribution is -2.47. The van der Waals surface area contributed by atoms with E-state index in [1.54, 1.807) is 27.7 Å². The fourth-order valence-electron chi connectivity index (χ4n) is 1.36. The lowest BCUT2D eigenvalue weighted by molar-refractivity contribution is -0.159. The van der Waals surface area contributed by atoms with Crippen LogP contribution in [0.1, 0.15) is 27.7 Å². The van der Waals surface area contributed by atoms with Crippen LogP contribution in [0.3, 0.4) is 0 Å². The van der Waals surface area contributed by atoms with Gasteiger partial charge in [0.2, 0.25) is 11.8 Å². The Labute approximate surface area is 135 Å². The average Bonchev–Trinajstić information content (AvgIpc) is 2.48. The Morgan fingerprint density at radius 3 is 1.35 bits per heavy atom. The first kappa shape index (κ1) is 21.0. The molecule has 0 aromatic carbocycles. The highest BCUT2D eigenvalue weighted by molar-refractivity contribution is 5.92. The first-order valence-corrected chi connectivity index (χ1v) is 7.36. The fourth-order valence-corrected chi connectivity index (χ4v) is 1.36. The van der Waals surface area contributed by atoms with Crippen molar-refractivity contribution in [2.75, 3.05) is 13.1 Å². The third kappa shape index (κ3) is 8.27. The van der Waals surface area contributed by atoms with Crippen LogP contribution in [0.25, 0.3) is 0 Å². The zero-order valence-corrected chi connectivity index (χ0v) is 13.9. The van der Waals surface area contributed by atoms with Gasteiger partial charge in [-0.05, 0) is 11.8 Å². The molecule has 0 rings (SSSR count). The van der Waals surface area contributed by atoms with Gasteiger partial charge in [-0.25, -0.2) is 9.59 Å². The van der Waals surface area contributed by atoms with Crippen LogP contribution in [-0.4, -0.2) is 48.9 Å². The summed E-state index contributed by atoms with van der Waals surface area (Å²) < 4.78 is 4.44. The number of rotatable bonds is 8. The topological polar surface area (TPSA) is 154 Å². The van der Waals surface area contributed by atoms with Gasteiger partial charge in [0.15, 0.2) is 0 Å². The largest absolute Gasteiger partial charge is 0.390 e. The van der Waals surface area contributed by atoms with Crippen LogP contribution >= 0.6 is 0 Å². The van der Waals surface area contributed by atoms with E-state index in [-0.39, 0.29) is 11.8 Å². The van der Waals surface area contributed by atoms with Crippen molar-refractivity contribution in [2.45, 2.75) is 39.8 Å². The van der Waals surface area contributed by atoms with Gasteiger partial charge in [0.05, 0.1) is 12.1 Å². The molecule has 0 radical (unpaired) electrons. The molecule has 0 heterocycles. The van der Waals surface area contributed by atoms with E-state index in [4.69, 9.17) is 11.5 Å². The molecule has 6 N–H and O–H groups in total. The van der Waals surface area contributed by atoms with Crippen molar-refractivity contribution in [1.82, 2.24) is 10.6 Å². The molecule has 2 amide bonds. The molecule has 0 spiro atoms. The molecule has 0 bridgehead atoms. The third-order valence-electron chi connectivity index (χ3n) is 3.08. The second-order valence-electron chi connectivity index (χ2n) is 5.82. The summed E-state index contributed by atoms with van der Waals surface area (Å²) in [5.41, 5.74) is 11.2. The Morgan fingerprint density at radius 2 is 1.09 bits per heavy atom. The average molecular weight is 330 g/mol. The maximum atomic E-state index is 11.5. The minimum absolute atomic E-state index is 0.0898. The van der Waals surface area contributed by atoms with E-state index in [9.17, 15) is 19.2 Å². The molecule has 0 unspecified atom stereocenters. The molecule has 132 valence electrons. The number of carbonyl (C=O) groups is 4. The normalized spacial score (nSPS) is 13.4. The van der Waals surface area contributed by atoms with Gasteiger partial charge in [0, 0.05) is 0 Å². The molecule has 9 heteroatoms. The highest BCUT2D eigenvalue weighted by Gasteiger charge is 2.20. The highest BCUT2D eigenvalue weighted by atomic mass is 16.6. The second kappa shape index (κ2) is 9.90. The summed E-state index contributed by atoms with van der Waals surface area (Å²) in [7, 11) is 0. The van der Waals surface area contributed by atoms with Gasteiger partial charge in [-0.3, -0.25) is 9.59 Å². The molecule has 0 aliphatic heterocycles. The van der Waals surface area contributed by atoms with Crippen LogP contribution in [0, 0.1) is 11.8 Å². The van der Waals surface area contributed by atoms with Crippen molar-refractivity contribution in [3.63, 3.8) is 0 Å². The number of nitrogens with one attached hydrogen (secondary N) is 2. The van der Waals surface area contributed by atoms with Gasteiger partial charge in [0.1, 0.15) is 13.1 Å². The number of hydrogen-bond acceptors (Lipinski definition) is 7. The predicted molar refractivity (Wildman–Crippen MR) is 82.7 cm³/mol. The molecule has 0 saturated heterocycles. The quantitative estimate of drug-likeness (QED) is 0.304. The Bertz CT molecular complexity index is 410. The number of amides is 2. The van der Waals surface area contributed by atoms with E-state index < -0.39 is 48.9 Å². The van der Waals surface area contributed by atoms with Crippen LogP contribution in [-0.2, 0) is 23.9 Å². The van der Waals surface area contributed by atoms with Crippen molar-refractivity contribution in [3.05, 3.63) is 0 Å². The Balaban J connectivity index is 4.10. The SMILES string of the molecule is CC(C)[C@H](N)C(=O)NCC(=O)OC(=O)CNC(=O)[C@@H](N)C(C)C. The van der Waals surface area contributed by atoms with Crippen LogP contribution in [0.4, 0.5) is 0 Å². The van der Waals surface area contributed by atoms with Crippen LogP contribution in [0.2, 0.25) is 0 Å². The Hall–Kier alpha value is -2.00. The Kier molecular flexibility index (Phi) is 9.04. The molecule has 23 heavy (non-hydrogen) atoms. The Morgan fingerprint density at radius 1 is 0.783 bits per heavy atom. The van der Waals surface area contributed by atoms with E-state index in [0.29, 0.717) is 0 Å². The summed E-state index contributed by atoms with van der Waals surface area (Å²) in [6.45, 7) is 6.08. The van der Waals surface area contributed by atoms with Crippen LogP contribution in [0.15, 0.2) is 0 Å². The number of esters is 2. The third-order valence-corrected chi connectivity index (χ3v) is 3.08. The molecule has 0 aliphatic rings. The number of hydrogen-bond donors (Lipinski definition) is 4. The van der Waals surface area contributed by atoms with E-state index in [1.165, 1.54) is 0 Å². The lowest BCUT2D eigenvalue weighted by Gasteiger charge is -2.15. The van der Waals surface area contributed by atoms with Crippen molar-refractivity contribution in [2.24, 2.45) is 23.3 Å².